The van der Waals surface area contributed by atoms with Gasteiger partial charge in [0, 0.05) is 46.1 Å². The lowest BCUT2D eigenvalue weighted by Crippen LogP contribution is -2.60. The number of hydrogen-bond acceptors (Lipinski definition) is 9. The van der Waals surface area contributed by atoms with Gasteiger partial charge in [-0.15, -0.1) is 22.7 Å². The predicted molar refractivity (Wildman–Crippen MR) is 190 cm³/mol. The second-order valence-corrected chi connectivity index (χ2v) is 17.0. The summed E-state index contributed by atoms with van der Waals surface area (Å²) in [6.07, 6.45) is 2.53. The molecule has 4 amide bonds. The Morgan fingerprint density at radius 2 is 1.90 bits per heavy atom. The molecule has 4 heterocycles. The maximum Gasteiger partial charge on any atom is 0.399 e. The molecular weight excluding hydrogens is 738 g/mol. The zero-order chi connectivity index (χ0) is 36.9. The van der Waals surface area contributed by atoms with Crippen LogP contribution >= 0.6 is 30.3 Å². The highest BCUT2D eigenvalue weighted by atomic mass is 32.1. The minimum absolute atomic E-state index is 0.0205. The summed E-state index contributed by atoms with van der Waals surface area (Å²) in [7, 11) is -5.79. The van der Waals surface area contributed by atoms with Crippen LogP contribution in [0.15, 0.2) is 48.5 Å². The summed E-state index contributed by atoms with van der Waals surface area (Å²) in [5.41, 5.74) is 3.26. The van der Waals surface area contributed by atoms with Crippen molar-refractivity contribution in [3.8, 4) is 11.3 Å². The molecule has 0 radical (unpaired) electrons. The van der Waals surface area contributed by atoms with E-state index in [0.717, 1.165) is 46.0 Å². The van der Waals surface area contributed by atoms with Gasteiger partial charge in [-0.05, 0) is 61.4 Å². The first-order valence-corrected chi connectivity index (χ1v) is 19.9. The number of primary amides is 1. The molecule has 2 saturated heterocycles. The number of hydrogen-bond donors (Lipinski definition) is 6. The average Bonchev–Trinajstić information content (AvgIpc) is 3.88. The number of alkyl halides is 2. The van der Waals surface area contributed by atoms with Gasteiger partial charge in [-0.25, -0.2) is 4.98 Å². The number of nitrogens with one attached hydrogen (secondary N) is 3. The van der Waals surface area contributed by atoms with E-state index in [1.807, 2.05) is 18.2 Å². The minimum atomic E-state index is -5.79. The van der Waals surface area contributed by atoms with E-state index < -0.39 is 60.6 Å². The summed E-state index contributed by atoms with van der Waals surface area (Å²) in [4.78, 5) is 79.2. The standard InChI is InChI=1S/C34H35F2N6O7PS2/c35-34(36,50(47,48)49)19-5-9-25-18(13-19)15-27(51-25)31(45)40-23-16-38-12-11-20-6-8-24(42(20)33(23)46)30(44)39-22(7-10-28(37)43)32-41-29-21-4-2-1-3-17(21)14-26(29)52-32/h1-5,9,13,15,20,22-24,38H,6-8,10-12,14,16H2,(H2,37,43)(H,39,44)(H,40,45)(H2,47,48,49)/t20-,22+,23+,24+/m1/s1. The summed E-state index contributed by atoms with van der Waals surface area (Å²) in [6, 6.07) is 9.62. The van der Waals surface area contributed by atoms with E-state index in [1.165, 1.54) is 29.0 Å². The Balaban J connectivity index is 1.08. The highest BCUT2D eigenvalue weighted by Gasteiger charge is 2.50. The van der Waals surface area contributed by atoms with E-state index in [4.69, 9.17) is 20.5 Å². The molecule has 0 bridgehead atoms. The molecule has 13 nitrogen and oxygen atoms in total. The first kappa shape index (κ1) is 36.2. The summed E-state index contributed by atoms with van der Waals surface area (Å²) in [5, 5.41) is 9.81. The molecule has 7 rings (SSSR count). The molecule has 0 unspecified atom stereocenters. The average molecular weight is 773 g/mol. The van der Waals surface area contributed by atoms with E-state index in [9.17, 15) is 32.5 Å². The van der Waals surface area contributed by atoms with Gasteiger partial charge in [0.25, 0.3) is 5.91 Å². The van der Waals surface area contributed by atoms with Crippen molar-refractivity contribution < 1.29 is 42.3 Å². The van der Waals surface area contributed by atoms with E-state index in [1.54, 1.807) is 4.90 Å². The van der Waals surface area contributed by atoms with Crippen molar-refractivity contribution in [2.45, 2.75) is 68.4 Å². The number of carbonyl (C=O) groups is 4. The monoisotopic (exact) mass is 772 g/mol. The van der Waals surface area contributed by atoms with Crippen LogP contribution in [0.2, 0.25) is 0 Å². The Labute approximate surface area is 304 Å². The van der Waals surface area contributed by atoms with Crippen LogP contribution in [0.3, 0.4) is 0 Å². The zero-order valence-corrected chi connectivity index (χ0v) is 30.0. The van der Waals surface area contributed by atoms with Crippen molar-refractivity contribution in [2.75, 3.05) is 13.1 Å². The van der Waals surface area contributed by atoms with Crippen molar-refractivity contribution in [3.05, 3.63) is 74.4 Å². The van der Waals surface area contributed by atoms with Crippen molar-refractivity contribution in [3.63, 3.8) is 0 Å². The molecule has 0 spiro atoms. The number of nitrogens with two attached hydrogens (primary N) is 1. The number of halogens is 2. The largest absolute Gasteiger partial charge is 0.399 e. The van der Waals surface area contributed by atoms with Crippen LogP contribution in [-0.4, -0.2) is 74.5 Å². The number of thiophene rings is 1. The molecule has 2 aliphatic heterocycles. The number of fused-ring (bicyclic) bond motifs is 5. The van der Waals surface area contributed by atoms with Crippen LogP contribution in [0.1, 0.15) is 68.8 Å². The number of carbonyl (C=O) groups excluding carboxylic acids is 4. The Hall–Kier alpha value is -4.12. The number of amides is 4. The number of rotatable bonds is 10. The third kappa shape index (κ3) is 6.88. The molecule has 2 fully saturated rings. The van der Waals surface area contributed by atoms with Gasteiger partial charge in [0.2, 0.25) is 17.7 Å². The lowest BCUT2D eigenvalue weighted by molar-refractivity contribution is -0.142. The molecule has 274 valence electrons. The van der Waals surface area contributed by atoms with Crippen molar-refractivity contribution >= 4 is 64.0 Å². The lowest BCUT2D eigenvalue weighted by Gasteiger charge is -2.35. The Bertz CT molecular complexity index is 2140. The predicted octanol–water partition coefficient (Wildman–Crippen LogP) is 3.73. The third-order valence-electron chi connectivity index (χ3n) is 9.75. The third-order valence-corrected chi connectivity index (χ3v) is 13.0. The maximum absolute atomic E-state index is 14.3. The molecule has 0 saturated carbocycles. The fraction of sp³-hybridized carbons (Fsp3) is 0.382. The van der Waals surface area contributed by atoms with Gasteiger partial charge >= 0.3 is 13.3 Å². The minimum Gasteiger partial charge on any atom is -0.370 e. The molecule has 4 aromatic rings. The summed E-state index contributed by atoms with van der Waals surface area (Å²) in [5.74, 6) is -2.01. The fourth-order valence-corrected chi connectivity index (χ4v) is 9.74. The number of nitrogens with zero attached hydrogens (tertiary/aromatic N) is 2. The second kappa shape index (κ2) is 14.0. The fourth-order valence-electron chi connectivity index (χ4n) is 7.13. The molecule has 7 N–H and O–H groups in total. The van der Waals surface area contributed by atoms with Crippen LogP contribution < -0.4 is 21.7 Å². The number of thiazole rings is 1. The van der Waals surface area contributed by atoms with Crippen LogP contribution in [0.25, 0.3) is 21.3 Å². The highest BCUT2D eigenvalue weighted by Crippen LogP contribution is 2.59. The van der Waals surface area contributed by atoms with Crippen molar-refractivity contribution in [1.29, 1.82) is 0 Å². The molecule has 3 aliphatic rings. The van der Waals surface area contributed by atoms with Gasteiger partial charge in [-0.1, -0.05) is 30.3 Å². The highest BCUT2D eigenvalue weighted by molar-refractivity contribution is 7.52. The topological polar surface area (TPSA) is 204 Å². The quantitative estimate of drug-likeness (QED) is 0.114. The van der Waals surface area contributed by atoms with E-state index >= 15 is 0 Å². The summed E-state index contributed by atoms with van der Waals surface area (Å²) in [6.45, 7) is 0.612. The van der Waals surface area contributed by atoms with Gasteiger partial charge in [-0.2, -0.15) is 8.78 Å². The number of benzene rings is 2. The van der Waals surface area contributed by atoms with E-state index in [0.29, 0.717) is 35.5 Å². The molecule has 4 atom stereocenters. The smallest absolute Gasteiger partial charge is 0.370 e. The number of aromatic nitrogens is 1. The molecule has 18 heteroatoms. The SMILES string of the molecule is NC(=O)CC[C@H](NC(=O)[C@@H]1CC[C@@H]2CCNC[C@H](NC(=O)c3cc4cc(C(F)(F)P(=O)(O)O)ccc4s3)C(=O)N21)c1nc2c(s1)Cc1ccccc1-2. The Morgan fingerprint density at radius 3 is 2.67 bits per heavy atom. The van der Waals surface area contributed by atoms with Gasteiger partial charge in [0.15, 0.2) is 0 Å². The molecule has 1 aliphatic carbocycles. The van der Waals surface area contributed by atoms with Gasteiger partial charge in [0.1, 0.15) is 17.1 Å². The first-order valence-electron chi connectivity index (χ1n) is 16.7. The normalized spacial score (nSPS) is 20.8. The van der Waals surface area contributed by atoms with Crippen molar-refractivity contribution in [2.24, 2.45) is 5.73 Å². The maximum atomic E-state index is 14.3. The van der Waals surface area contributed by atoms with Crippen LogP contribution in [0.5, 0.6) is 0 Å². The van der Waals surface area contributed by atoms with Gasteiger partial charge in [-0.3, -0.25) is 23.7 Å². The van der Waals surface area contributed by atoms with Crippen molar-refractivity contribution in [1.82, 2.24) is 25.8 Å². The molecule has 52 heavy (non-hydrogen) atoms. The Morgan fingerprint density at radius 1 is 1.12 bits per heavy atom. The lowest BCUT2D eigenvalue weighted by atomic mass is 10.1. The summed E-state index contributed by atoms with van der Waals surface area (Å²) < 4.78 is 40.5. The summed E-state index contributed by atoms with van der Waals surface area (Å²) >= 11 is 2.45. The molecular formula is C34H35F2N6O7PS2. The van der Waals surface area contributed by atoms with E-state index in [-0.39, 0.29) is 35.7 Å². The van der Waals surface area contributed by atoms with Gasteiger partial charge < -0.3 is 36.4 Å². The van der Waals surface area contributed by atoms with Crippen LogP contribution in [0.4, 0.5) is 8.78 Å². The Kier molecular flexibility index (Phi) is 9.78. The molecule has 2 aromatic carbocycles. The first-order chi connectivity index (χ1) is 24.7. The second-order valence-electron chi connectivity index (χ2n) is 13.2. The molecule has 2 aromatic heterocycles. The van der Waals surface area contributed by atoms with Gasteiger partial charge in [0.05, 0.1) is 16.6 Å². The van der Waals surface area contributed by atoms with Crippen LogP contribution in [0, 0.1) is 0 Å². The van der Waals surface area contributed by atoms with Crippen LogP contribution in [-0.2, 0) is 31.0 Å². The zero-order valence-electron chi connectivity index (χ0n) is 27.5. The van der Waals surface area contributed by atoms with E-state index in [2.05, 4.69) is 22.0 Å².